The molecule has 1 aromatic rings. The Kier molecular flexibility index (Phi) is 4.90. The minimum absolute atomic E-state index is 0.0657. The maximum Gasteiger partial charge on any atom is 0.160 e. The van der Waals surface area contributed by atoms with Crippen LogP contribution in [0.1, 0.15) is 56.6 Å². The Morgan fingerprint density at radius 1 is 1.47 bits per heavy atom. The van der Waals surface area contributed by atoms with Gasteiger partial charge < -0.3 is 4.74 Å². The Morgan fingerprint density at radius 2 is 2.12 bits per heavy atom. The van der Waals surface area contributed by atoms with E-state index in [0.29, 0.717) is 6.61 Å². The molecule has 0 aliphatic rings. The van der Waals surface area contributed by atoms with Crippen molar-refractivity contribution in [3.63, 3.8) is 0 Å². The zero-order chi connectivity index (χ0) is 13.1. The van der Waals surface area contributed by atoms with Crippen LogP contribution in [0.3, 0.4) is 0 Å². The predicted molar refractivity (Wildman–Crippen MR) is 70.3 cm³/mol. The summed E-state index contributed by atoms with van der Waals surface area (Å²) >= 11 is 6.06. The normalized spacial score (nSPS) is 16.6. The van der Waals surface area contributed by atoms with Gasteiger partial charge in [0.1, 0.15) is 5.60 Å². The van der Waals surface area contributed by atoms with E-state index in [1.54, 1.807) is 0 Å². The second kappa shape index (κ2) is 5.78. The summed E-state index contributed by atoms with van der Waals surface area (Å²) in [6, 6.07) is 0. The maximum absolute atomic E-state index is 6.06. The highest BCUT2D eigenvalue weighted by molar-refractivity contribution is 6.20. The van der Waals surface area contributed by atoms with Crippen LogP contribution in [0.5, 0.6) is 0 Å². The molecule has 0 amide bonds. The van der Waals surface area contributed by atoms with Gasteiger partial charge >= 0.3 is 0 Å². The molecule has 96 valence electrons. The van der Waals surface area contributed by atoms with Crippen LogP contribution in [-0.2, 0) is 10.3 Å². The van der Waals surface area contributed by atoms with E-state index in [2.05, 4.69) is 16.9 Å². The highest BCUT2D eigenvalue weighted by Gasteiger charge is 2.28. The molecular weight excluding hydrogens is 236 g/mol. The monoisotopic (exact) mass is 256 g/mol. The number of alkyl halides is 1. The quantitative estimate of drug-likeness (QED) is 0.753. The molecule has 2 atom stereocenters. The number of aryl methyl sites for hydroxylation is 1. The molecule has 17 heavy (non-hydrogen) atoms. The molecule has 0 aliphatic heterocycles. The van der Waals surface area contributed by atoms with E-state index in [9.17, 15) is 0 Å². The first-order chi connectivity index (χ1) is 7.94. The van der Waals surface area contributed by atoms with Gasteiger partial charge in [-0.15, -0.1) is 11.6 Å². The van der Waals surface area contributed by atoms with Gasteiger partial charge in [0.15, 0.2) is 5.82 Å². The number of rotatable bonds is 5. The topological polar surface area (TPSA) is 35.0 Å². The van der Waals surface area contributed by atoms with Gasteiger partial charge in [-0.05, 0) is 34.1 Å². The van der Waals surface area contributed by atoms with E-state index in [4.69, 9.17) is 16.3 Å². The molecule has 0 bridgehead atoms. The van der Waals surface area contributed by atoms with Gasteiger partial charge in [-0.1, -0.05) is 6.92 Å². The minimum atomic E-state index is -0.409. The molecule has 1 aromatic heterocycles. The van der Waals surface area contributed by atoms with Crippen molar-refractivity contribution in [3.8, 4) is 0 Å². The lowest BCUT2D eigenvalue weighted by Crippen LogP contribution is -2.28. The SMILES string of the molecule is CCOC(C)(CC)c1ncc(C(C)Cl)c(C)n1. The zero-order valence-electron chi connectivity index (χ0n) is 11.2. The maximum atomic E-state index is 6.06. The summed E-state index contributed by atoms with van der Waals surface area (Å²) in [5.41, 5.74) is 1.50. The van der Waals surface area contributed by atoms with Crippen LogP contribution in [0.4, 0.5) is 0 Å². The fraction of sp³-hybridized carbons (Fsp3) is 0.692. The smallest absolute Gasteiger partial charge is 0.160 e. The standard InChI is InChI=1S/C13H21ClN2O/c1-6-13(5,17-7-2)12-15-8-11(9(3)14)10(4)16-12/h8-9H,6-7H2,1-5H3. The van der Waals surface area contributed by atoms with Crippen molar-refractivity contribution in [1.82, 2.24) is 9.97 Å². The molecule has 3 nitrogen and oxygen atoms in total. The highest BCUT2D eigenvalue weighted by Crippen LogP contribution is 2.28. The Hall–Kier alpha value is -0.670. The summed E-state index contributed by atoms with van der Waals surface area (Å²) < 4.78 is 5.76. The van der Waals surface area contributed by atoms with Gasteiger partial charge in [0.2, 0.25) is 0 Å². The molecular formula is C13H21ClN2O. The molecule has 1 rings (SSSR count). The second-order valence-corrected chi connectivity index (χ2v) is 5.02. The third-order valence-electron chi connectivity index (χ3n) is 3.06. The lowest BCUT2D eigenvalue weighted by Gasteiger charge is -2.27. The highest BCUT2D eigenvalue weighted by atomic mass is 35.5. The summed E-state index contributed by atoms with van der Waals surface area (Å²) in [6.07, 6.45) is 2.65. The minimum Gasteiger partial charge on any atom is -0.368 e. The van der Waals surface area contributed by atoms with E-state index in [0.717, 1.165) is 23.5 Å². The molecule has 0 saturated heterocycles. The summed E-state index contributed by atoms with van der Waals surface area (Å²) in [4.78, 5) is 8.94. The van der Waals surface area contributed by atoms with Crippen LogP contribution in [0.2, 0.25) is 0 Å². The van der Waals surface area contributed by atoms with E-state index < -0.39 is 5.60 Å². The van der Waals surface area contributed by atoms with Gasteiger partial charge in [0, 0.05) is 24.1 Å². The number of ether oxygens (including phenoxy) is 1. The molecule has 0 spiro atoms. The number of hydrogen-bond acceptors (Lipinski definition) is 3. The Morgan fingerprint density at radius 3 is 2.53 bits per heavy atom. The molecule has 0 fully saturated rings. The largest absolute Gasteiger partial charge is 0.368 e. The van der Waals surface area contributed by atoms with Crippen molar-refractivity contribution >= 4 is 11.6 Å². The van der Waals surface area contributed by atoms with Gasteiger partial charge in [-0.25, -0.2) is 9.97 Å². The first-order valence-corrected chi connectivity index (χ1v) is 6.50. The zero-order valence-corrected chi connectivity index (χ0v) is 12.0. The number of nitrogens with zero attached hydrogens (tertiary/aromatic N) is 2. The molecule has 1 heterocycles. The molecule has 0 N–H and O–H groups in total. The number of aromatic nitrogens is 2. The van der Waals surface area contributed by atoms with Crippen LogP contribution in [0, 0.1) is 6.92 Å². The van der Waals surface area contributed by atoms with E-state index in [1.807, 2.05) is 33.9 Å². The lowest BCUT2D eigenvalue weighted by molar-refractivity contribution is -0.0391. The average Bonchev–Trinajstić information content (AvgIpc) is 2.28. The van der Waals surface area contributed by atoms with E-state index in [1.165, 1.54) is 0 Å². The Labute approximate surface area is 109 Å². The average molecular weight is 257 g/mol. The first kappa shape index (κ1) is 14.4. The van der Waals surface area contributed by atoms with Crippen molar-refractivity contribution in [2.24, 2.45) is 0 Å². The van der Waals surface area contributed by atoms with Crippen LogP contribution in [0.15, 0.2) is 6.20 Å². The van der Waals surface area contributed by atoms with Gasteiger partial charge in [0.05, 0.1) is 5.38 Å². The number of halogens is 1. The first-order valence-electron chi connectivity index (χ1n) is 6.06. The third-order valence-corrected chi connectivity index (χ3v) is 3.29. The number of hydrogen-bond donors (Lipinski definition) is 0. The molecule has 2 unspecified atom stereocenters. The summed E-state index contributed by atoms with van der Waals surface area (Å²) in [5, 5.41) is -0.0657. The van der Waals surface area contributed by atoms with E-state index >= 15 is 0 Å². The Balaban J connectivity index is 3.11. The Bertz CT molecular complexity index is 382. The van der Waals surface area contributed by atoms with Crippen LogP contribution < -0.4 is 0 Å². The molecule has 0 saturated carbocycles. The van der Waals surface area contributed by atoms with Crippen molar-refractivity contribution in [2.75, 3.05) is 6.61 Å². The van der Waals surface area contributed by atoms with Crippen LogP contribution in [-0.4, -0.2) is 16.6 Å². The fourth-order valence-corrected chi connectivity index (χ4v) is 1.98. The molecule has 4 heteroatoms. The fourth-order valence-electron chi connectivity index (χ4n) is 1.77. The summed E-state index contributed by atoms with van der Waals surface area (Å²) in [6.45, 7) is 10.6. The molecule has 0 aliphatic carbocycles. The van der Waals surface area contributed by atoms with Crippen LogP contribution in [0.25, 0.3) is 0 Å². The van der Waals surface area contributed by atoms with Crippen molar-refractivity contribution in [2.45, 2.75) is 52.0 Å². The van der Waals surface area contributed by atoms with Crippen molar-refractivity contribution in [1.29, 1.82) is 0 Å². The van der Waals surface area contributed by atoms with Crippen molar-refractivity contribution < 1.29 is 4.74 Å². The second-order valence-electron chi connectivity index (χ2n) is 4.37. The lowest BCUT2D eigenvalue weighted by atomic mass is 10.0. The summed E-state index contributed by atoms with van der Waals surface area (Å²) in [7, 11) is 0. The van der Waals surface area contributed by atoms with Crippen molar-refractivity contribution in [3.05, 3.63) is 23.3 Å². The predicted octanol–water partition coefficient (Wildman–Crippen LogP) is 3.75. The molecule has 0 aromatic carbocycles. The van der Waals surface area contributed by atoms with Gasteiger partial charge in [0.25, 0.3) is 0 Å². The van der Waals surface area contributed by atoms with Crippen LogP contribution >= 0.6 is 11.6 Å². The van der Waals surface area contributed by atoms with Gasteiger partial charge in [-0.2, -0.15) is 0 Å². The summed E-state index contributed by atoms with van der Waals surface area (Å²) in [5.74, 6) is 0.736. The third kappa shape index (κ3) is 3.17. The van der Waals surface area contributed by atoms with E-state index in [-0.39, 0.29) is 5.38 Å². The molecule has 0 radical (unpaired) electrons. The van der Waals surface area contributed by atoms with Gasteiger partial charge in [-0.3, -0.25) is 0 Å².